The number of rotatable bonds is 17. The Morgan fingerprint density at radius 3 is 1.68 bits per heavy atom. The molecule has 0 saturated heterocycles. The Labute approximate surface area is 139 Å². The Morgan fingerprint density at radius 2 is 1.14 bits per heavy atom. The molecule has 2 heteroatoms. The van der Waals surface area contributed by atoms with Crippen LogP contribution < -0.4 is 0 Å². The summed E-state index contributed by atoms with van der Waals surface area (Å²) in [7, 11) is 0. The van der Waals surface area contributed by atoms with E-state index in [4.69, 9.17) is 5.11 Å². The molecule has 0 fully saturated rings. The van der Waals surface area contributed by atoms with Crippen molar-refractivity contribution in [1.29, 1.82) is 0 Å². The van der Waals surface area contributed by atoms with Gasteiger partial charge < -0.3 is 5.11 Å². The fourth-order valence-electron chi connectivity index (χ4n) is 3.20. The largest absolute Gasteiger partial charge is 0.481 e. The molecule has 0 aliphatic rings. The van der Waals surface area contributed by atoms with Gasteiger partial charge in [-0.1, -0.05) is 104 Å². The summed E-state index contributed by atoms with van der Waals surface area (Å²) in [6.45, 7) is 4.53. The first-order chi connectivity index (χ1) is 10.7. The van der Waals surface area contributed by atoms with Gasteiger partial charge in [0.25, 0.3) is 0 Å². The van der Waals surface area contributed by atoms with Gasteiger partial charge in [-0.3, -0.25) is 4.79 Å². The lowest BCUT2D eigenvalue weighted by Crippen LogP contribution is -2.02. The lowest BCUT2D eigenvalue weighted by molar-refractivity contribution is -0.137. The molecular formula is C20H40O2. The molecule has 2 nitrogen and oxygen atoms in total. The van der Waals surface area contributed by atoms with Gasteiger partial charge >= 0.3 is 5.97 Å². The van der Waals surface area contributed by atoms with Crippen LogP contribution in [0.3, 0.4) is 0 Å². The summed E-state index contributed by atoms with van der Waals surface area (Å²) in [6, 6.07) is 0. The van der Waals surface area contributed by atoms with Crippen LogP contribution in [0.1, 0.15) is 117 Å². The van der Waals surface area contributed by atoms with Gasteiger partial charge in [-0.25, -0.2) is 0 Å². The van der Waals surface area contributed by atoms with Gasteiger partial charge in [-0.2, -0.15) is 0 Å². The van der Waals surface area contributed by atoms with Crippen molar-refractivity contribution in [2.75, 3.05) is 0 Å². The average molecular weight is 313 g/mol. The smallest absolute Gasteiger partial charge is 0.303 e. The van der Waals surface area contributed by atoms with E-state index in [1.165, 1.54) is 83.5 Å². The zero-order valence-electron chi connectivity index (χ0n) is 15.2. The number of aliphatic carboxylic acids is 1. The van der Waals surface area contributed by atoms with E-state index in [0.717, 1.165) is 18.8 Å². The first-order valence-electron chi connectivity index (χ1n) is 9.92. The average Bonchev–Trinajstić information content (AvgIpc) is 2.50. The van der Waals surface area contributed by atoms with Gasteiger partial charge in [0.1, 0.15) is 0 Å². The molecule has 0 bridgehead atoms. The van der Waals surface area contributed by atoms with Crippen LogP contribution in [0.25, 0.3) is 0 Å². The van der Waals surface area contributed by atoms with Gasteiger partial charge in [0.15, 0.2) is 0 Å². The van der Waals surface area contributed by atoms with Gasteiger partial charge in [-0.05, 0) is 12.3 Å². The third kappa shape index (κ3) is 15.9. The van der Waals surface area contributed by atoms with Crippen LogP contribution in [-0.4, -0.2) is 11.1 Å². The lowest BCUT2D eigenvalue weighted by atomic mass is 9.90. The van der Waals surface area contributed by atoms with Crippen LogP contribution in [0.4, 0.5) is 0 Å². The first-order valence-corrected chi connectivity index (χ1v) is 9.92. The van der Waals surface area contributed by atoms with Crippen molar-refractivity contribution in [3.8, 4) is 0 Å². The van der Waals surface area contributed by atoms with Crippen molar-refractivity contribution < 1.29 is 9.90 Å². The van der Waals surface area contributed by atoms with E-state index in [1.54, 1.807) is 0 Å². The van der Waals surface area contributed by atoms with Gasteiger partial charge in [0, 0.05) is 6.42 Å². The Morgan fingerprint density at radius 1 is 0.682 bits per heavy atom. The summed E-state index contributed by atoms with van der Waals surface area (Å²) in [5.74, 6) is 0.196. The first kappa shape index (κ1) is 21.5. The summed E-state index contributed by atoms with van der Waals surface area (Å²) in [5.41, 5.74) is 0. The van der Waals surface area contributed by atoms with Crippen LogP contribution in [0, 0.1) is 5.92 Å². The number of carbonyl (C=O) groups is 1. The maximum absolute atomic E-state index is 10.6. The standard InChI is InChI=1S/C20H40O2/c1-3-5-7-8-9-10-11-12-16-19(15-6-4-2)17-13-14-18-20(21)22/h19H,3-18H2,1-2H3,(H,21,22). The Hall–Kier alpha value is -0.530. The van der Waals surface area contributed by atoms with E-state index < -0.39 is 5.97 Å². The summed E-state index contributed by atoms with van der Waals surface area (Å²) in [5, 5.41) is 8.70. The minimum atomic E-state index is -0.645. The Balaban J connectivity index is 3.59. The molecule has 0 radical (unpaired) electrons. The van der Waals surface area contributed by atoms with E-state index in [1.807, 2.05) is 0 Å². The predicted octanol–water partition coefficient (Wildman–Crippen LogP) is 6.97. The van der Waals surface area contributed by atoms with Crippen LogP contribution >= 0.6 is 0 Å². The molecule has 0 rings (SSSR count). The summed E-state index contributed by atoms with van der Waals surface area (Å²) >= 11 is 0. The monoisotopic (exact) mass is 312 g/mol. The van der Waals surface area contributed by atoms with Crippen molar-refractivity contribution in [1.82, 2.24) is 0 Å². The quantitative estimate of drug-likeness (QED) is 0.294. The topological polar surface area (TPSA) is 37.3 Å². The molecule has 0 aliphatic heterocycles. The molecule has 1 unspecified atom stereocenters. The minimum absolute atomic E-state index is 0.345. The number of unbranched alkanes of at least 4 members (excludes halogenated alkanes) is 9. The second-order valence-electron chi connectivity index (χ2n) is 6.91. The van der Waals surface area contributed by atoms with Gasteiger partial charge in [-0.15, -0.1) is 0 Å². The van der Waals surface area contributed by atoms with E-state index in [9.17, 15) is 4.79 Å². The highest BCUT2D eigenvalue weighted by Gasteiger charge is 2.08. The van der Waals surface area contributed by atoms with Crippen molar-refractivity contribution >= 4 is 5.97 Å². The maximum atomic E-state index is 10.6. The van der Waals surface area contributed by atoms with Crippen LogP contribution in [0.15, 0.2) is 0 Å². The van der Waals surface area contributed by atoms with Crippen LogP contribution in [-0.2, 0) is 4.79 Å². The molecule has 0 amide bonds. The van der Waals surface area contributed by atoms with Crippen LogP contribution in [0.5, 0.6) is 0 Å². The van der Waals surface area contributed by atoms with Crippen molar-refractivity contribution in [3.05, 3.63) is 0 Å². The van der Waals surface area contributed by atoms with E-state index >= 15 is 0 Å². The maximum Gasteiger partial charge on any atom is 0.303 e. The molecule has 1 atom stereocenters. The predicted molar refractivity (Wildman–Crippen MR) is 96.3 cm³/mol. The molecule has 0 saturated carbocycles. The number of hydrogen-bond acceptors (Lipinski definition) is 1. The van der Waals surface area contributed by atoms with E-state index in [0.29, 0.717) is 6.42 Å². The number of carboxylic acid groups (broad SMARTS) is 1. The van der Waals surface area contributed by atoms with E-state index in [-0.39, 0.29) is 0 Å². The highest BCUT2D eigenvalue weighted by Crippen LogP contribution is 2.23. The molecule has 0 aromatic carbocycles. The molecule has 0 heterocycles. The summed E-state index contributed by atoms with van der Waals surface area (Å²) in [4.78, 5) is 10.6. The number of carboxylic acids is 1. The van der Waals surface area contributed by atoms with Gasteiger partial charge in [0.05, 0.1) is 0 Å². The minimum Gasteiger partial charge on any atom is -0.481 e. The fourth-order valence-corrected chi connectivity index (χ4v) is 3.20. The molecule has 0 aliphatic carbocycles. The SMILES string of the molecule is CCCCCCCCCCC(CCCC)CCCCC(=O)O. The summed E-state index contributed by atoms with van der Waals surface area (Å²) in [6.07, 6.45) is 20.0. The Kier molecular flexibility index (Phi) is 16.4. The zero-order valence-corrected chi connectivity index (χ0v) is 15.2. The molecule has 22 heavy (non-hydrogen) atoms. The molecule has 0 aromatic heterocycles. The third-order valence-corrected chi connectivity index (χ3v) is 4.68. The second kappa shape index (κ2) is 16.8. The fraction of sp³-hybridized carbons (Fsp3) is 0.950. The second-order valence-corrected chi connectivity index (χ2v) is 6.91. The third-order valence-electron chi connectivity index (χ3n) is 4.68. The molecule has 0 aromatic rings. The highest BCUT2D eigenvalue weighted by atomic mass is 16.4. The van der Waals surface area contributed by atoms with Crippen molar-refractivity contribution in [2.24, 2.45) is 5.92 Å². The van der Waals surface area contributed by atoms with Crippen molar-refractivity contribution in [2.45, 2.75) is 117 Å². The van der Waals surface area contributed by atoms with Crippen LogP contribution in [0.2, 0.25) is 0 Å². The lowest BCUT2D eigenvalue weighted by Gasteiger charge is -2.16. The highest BCUT2D eigenvalue weighted by molar-refractivity contribution is 5.66. The molecular weight excluding hydrogens is 272 g/mol. The van der Waals surface area contributed by atoms with E-state index in [2.05, 4.69) is 13.8 Å². The normalized spacial score (nSPS) is 12.5. The summed E-state index contributed by atoms with van der Waals surface area (Å²) < 4.78 is 0. The molecule has 132 valence electrons. The molecule has 1 N–H and O–H groups in total. The zero-order chi connectivity index (χ0) is 16.5. The number of hydrogen-bond donors (Lipinski definition) is 1. The van der Waals surface area contributed by atoms with Gasteiger partial charge in [0.2, 0.25) is 0 Å². The van der Waals surface area contributed by atoms with Crippen molar-refractivity contribution in [3.63, 3.8) is 0 Å². The Bertz CT molecular complexity index is 238. The molecule has 0 spiro atoms.